The van der Waals surface area contributed by atoms with E-state index in [0.717, 1.165) is 30.5 Å². The van der Waals surface area contributed by atoms with E-state index < -0.39 is 0 Å². The molecular weight excluding hydrogens is 208 g/mol. The van der Waals surface area contributed by atoms with Gasteiger partial charge in [-0.25, -0.2) is 9.97 Å². The van der Waals surface area contributed by atoms with E-state index in [2.05, 4.69) is 47.1 Å². The molecule has 1 heterocycles. The Morgan fingerprint density at radius 1 is 1.27 bits per heavy atom. The third-order valence-corrected chi connectivity index (χ3v) is 2.00. The largest absolute Gasteiger partial charge is 0.370 e. The highest BCUT2D eigenvalue weighted by atomic mass is 32.1. The van der Waals surface area contributed by atoms with Crippen molar-refractivity contribution in [3.05, 3.63) is 12.4 Å². The molecule has 0 aliphatic carbocycles. The van der Waals surface area contributed by atoms with Crippen LogP contribution in [0.25, 0.3) is 0 Å². The van der Waals surface area contributed by atoms with Crippen molar-refractivity contribution in [1.82, 2.24) is 9.97 Å². The second-order valence-corrected chi connectivity index (χ2v) is 4.16. The Balaban J connectivity index is 2.50. The minimum absolute atomic E-state index is 0.605. The quantitative estimate of drug-likeness (QED) is 0.648. The van der Waals surface area contributed by atoms with Crippen molar-refractivity contribution in [2.24, 2.45) is 5.92 Å². The minimum atomic E-state index is 0.605. The van der Waals surface area contributed by atoms with Gasteiger partial charge in [0.05, 0.1) is 0 Å². The van der Waals surface area contributed by atoms with Crippen molar-refractivity contribution in [2.75, 3.05) is 29.5 Å². The molecule has 0 saturated carbocycles. The Morgan fingerprint density at radius 2 is 1.93 bits per heavy atom. The molecule has 1 aromatic heterocycles. The van der Waals surface area contributed by atoms with E-state index in [1.165, 1.54) is 0 Å². The molecule has 0 aliphatic heterocycles. The molecule has 1 rings (SSSR count). The van der Waals surface area contributed by atoms with Gasteiger partial charge in [0.25, 0.3) is 0 Å². The van der Waals surface area contributed by atoms with E-state index in [0.29, 0.717) is 5.92 Å². The summed E-state index contributed by atoms with van der Waals surface area (Å²) < 4.78 is 0. The molecule has 0 amide bonds. The van der Waals surface area contributed by atoms with Crippen LogP contribution in [0.4, 0.5) is 11.6 Å². The first-order valence-electron chi connectivity index (χ1n) is 5.13. The van der Waals surface area contributed by atoms with E-state index >= 15 is 0 Å². The second kappa shape index (κ2) is 6.50. The van der Waals surface area contributed by atoms with Gasteiger partial charge < -0.3 is 10.6 Å². The fourth-order valence-corrected chi connectivity index (χ4v) is 1.16. The van der Waals surface area contributed by atoms with E-state index in [4.69, 9.17) is 0 Å². The molecule has 0 atom stereocenters. The third kappa shape index (κ3) is 4.88. The van der Waals surface area contributed by atoms with Gasteiger partial charge in [-0.2, -0.15) is 12.6 Å². The Labute approximate surface area is 96.3 Å². The smallest absolute Gasteiger partial charge is 0.131 e. The molecule has 0 fully saturated rings. The van der Waals surface area contributed by atoms with E-state index in [1.807, 2.05) is 6.07 Å². The Kier molecular flexibility index (Phi) is 5.25. The molecule has 0 bridgehead atoms. The summed E-state index contributed by atoms with van der Waals surface area (Å²) in [5.74, 6) is 3.10. The molecule has 0 aromatic carbocycles. The normalized spacial score (nSPS) is 10.4. The van der Waals surface area contributed by atoms with Crippen LogP contribution < -0.4 is 10.6 Å². The lowest BCUT2D eigenvalue weighted by atomic mass is 10.2. The maximum Gasteiger partial charge on any atom is 0.131 e. The number of hydrogen-bond donors (Lipinski definition) is 3. The average molecular weight is 226 g/mol. The van der Waals surface area contributed by atoms with Crippen molar-refractivity contribution in [3.8, 4) is 0 Å². The molecule has 84 valence electrons. The zero-order chi connectivity index (χ0) is 11.1. The molecule has 0 radical (unpaired) electrons. The van der Waals surface area contributed by atoms with Crippen LogP contribution in [0.5, 0.6) is 0 Å². The predicted octanol–water partition coefficient (Wildman–Crippen LogP) is 1.89. The summed E-state index contributed by atoms with van der Waals surface area (Å²) in [5.41, 5.74) is 0. The van der Waals surface area contributed by atoms with Crippen LogP contribution in [0.15, 0.2) is 12.4 Å². The van der Waals surface area contributed by atoms with Gasteiger partial charge in [-0.3, -0.25) is 0 Å². The summed E-state index contributed by atoms with van der Waals surface area (Å²) in [7, 11) is 0. The summed E-state index contributed by atoms with van der Waals surface area (Å²) in [6, 6.07) is 1.91. The van der Waals surface area contributed by atoms with Crippen molar-refractivity contribution in [2.45, 2.75) is 13.8 Å². The Hall–Kier alpha value is -0.970. The summed E-state index contributed by atoms with van der Waals surface area (Å²) in [6.07, 6.45) is 1.56. The van der Waals surface area contributed by atoms with Crippen molar-refractivity contribution < 1.29 is 0 Å². The number of nitrogens with zero attached hydrogens (tertiary/aromatic N) is 2. The molecule has 1 aromatic rings. The van der Waals surface area contributed by atoms with Crippen LogP contribution >= 0.6 is 12.6 Å². The average Bonchev–Trinajstić information content (AvgIpc) is 2.24. The number of rotatable bonds is 6. The van der Waals surface area contributed by atoms with E-state index in [1.54, 1.807) is 6.33 Å². The Morgan fingerprint density at radius 3 is 2.53 bits per heavy atom. The first kappa shape index (κ1) is 12.1. The highest BCUT2D eigenvalue weighted by Crippen LogP contribution is 2.08. The van der Waals surface area contributed by atoms with E-state index in [-0.39, 0.29) is 0 Å². The second-order valence-electron chi connectivity index (χ2n) is 3.71. The number of hydrogen-bond acceptors (Lipinski definition) is 5. The third-order valence-electron chi connectivity index (χ3n) is 1.78. The fraction of sp³-hybridized carbons (Fsp3) is 0.600. The summed E-state index contributed by atoms with van der Waals surface area (Å²) >= 11 is 4.12. The summed E-state index contributed by atoms with van der Waals surface area (Å²) in [6.45, 7) is 6.05. The first-order valence-corrected chi connectivity index (χ1v) is 5.76. The van der Waals surface area contributed by atoms with Crippen LogP contribution in [0, 0.1) is 5.92 Å². The fourth-order valence-electron chi connectivity index (χ4n) is 1.04. The molecule has 0 spiro atoms. The molecule has 4 nitrogen and oxygen atoms in total. The number of thiol groups is 1. The minimum Gasteiger partial charge on any atom is -0.370 e. The first-order chi connectivity index (χ1) is 7.22. The number of nitrogens with one attached hydrogen (secondary N) is 2. The van der Waals surface area contributed by atoms with Crippen LogP contribution in [0.2, 0.25) is 0 Å². The van der Waals surface area contributed by atoms with Crippen LogP contribution in [0.3, 0.4) is 0 Å². The van der Waals surface area contributed by atoms with E-state index in [9.17, 15) is 0 Å². The highest BCUT2D eigenvalue weighted by molar-refractivity contribution is 7.80. The van der Waals surface area contributed by atoms with Gasteiger partial charge in [0.15, 0.2) is 0 Å². The van der Waals surface area contributed by atoms with Crippen LogP contribution in [0.1, 0.15) is 13.8 Å². The van der Waals surface area contributed by atoms with Gasteiger partial charge in [-0.15, -0.1) is 0 Å². The topological polar surface area (TPSA) is 49.8 Å². The predicted molar refractivity (Wildman–Crippen MR) is 67.7 cm³/mol. The van der Waals surface area contributed by atoms with Gasteiger partial charge in [-0.05, 0) is 5.92 Å². The molecule has 0 unspecified atom stereocenters. The Bertz CT molecular complexity index is 291. The highest BCUT2D eigenvalue weighted by Gasteiger charge is 1.98. The molecule has 5 heteroatoms. The molecule has 2 N–H and O–H groups in total. The zero-order valence-corrected chi connectivity index (χ0v) is 10.1. The molecule has 0 aliphatic rings. The summed E-state index contributed by atoms with van der Waals surface area (Å²) in [5, 5.41) is 6.41. The monoisotopic (exact) mass is 226 g/mol. The van der Waals surface area contributed by atoms with Crippen LogP contribution in [-0.4, -0.2) is 28.8 Å². The lowest BCUT2D eigenvalue weighted by molar-refractivity contribution is 0.687. The maximum absolute atomic E-state index is 4.14. The van der Waals surface area contributed by atoms with Gasteiger partial charge >= 0.3 is 0 Å². The van der Waals surface area contributed by atoms with Crippen molar-refractivity contribution in [3.63, 3.8) is 0 Å². The lowest BCUT2D eigenvalue weighted by Crippen LogP contribution is -2.10. The van der Waals surface area contributed by atoms with Gasteiger partial charge in [0, 0.05) is 24.9 Å². The van der Waals surface area contributed by atoms with Gasteiger partial charge in [0.2, 0.25) is 0 Å². The zero-order valence-electron chi connectivity index (χ0n) is 9.20. The van der Waals surface area contributed by atoms with Crippen LogP contribution in [-0.2, 0) is 0 Å². The standard InChI is InChI=1S/C10H18N4S/c1-8(2)6-12-10-5-9(11-3-4-15)13-7-14-10/h5,7-8,15H,3-4,6H2,1-2H3,(H2,11,12,13,14). The van der Waals surface area contributed by atoms with Gasteiger partial charge in [0.1, 0.15) is 18.0 Å². The lowest BCUT2D eigenvalue weighted by Gasteiger charge is -2.09. The number of anilines is 2. The van der Waals surface area contributed by atoms with Crippen molar-refractivity contribution >= 4 is 24.3 Å². The van der Waals surface area contributed by atoms with Crippen molar-refractivity contribution in [1.29, 1.82) is 0 Å². The number of aromatic nitrogens is 2. The molecule has 15 heavy (non-hydrogen) atoms. The molecular formula is C10H18N4S. The summed E-state index contributed by atoms with van der Waals surface area (Å²) in [4.78, 5) is 8.25. The van der Waals surface area contributed by atoms with Gasteiger partial charge in [-0.1, -0.05) is 13.8 Å². The maximum atomic E-state index is 4.14. The SMILES string of the molecule is CC(C)CNc1cc(NCCS)ncn1. The molecule has 0 saturated heterocycles.